The largest absolute Gasteiger partial charge is 0.496 e. The van der Waals surface area contributed by atoms with E-state index in [0.29, 0.717) is 0 Å². The maximum atomic E-state index is 5.44. The Hall–Kier alpha value is -1.80. The van der Waals surface area contributed by atoms with Gasteiger partial charge in [-0.25, -0.2) is 0 Å². The topological polar surface area (TPSA) is 21.3 Å². The van der Waals surface area contributed by atoms with Crippen LogP contribution in [0.1, 0.15) is 33.9 Å². The second-order valence-electron chi connectivity index (χ2n) is 5.31. The molecule has 0 aliphatic heterocycles. The SMILES string of the molecule is CNC(c1ccc(C)c(OC)c1)c1cc(C)ccc1C. The first kappa shape index (κ1) is 14.6. The van der Waals surface area contributed by atoms with Gasteiger partial charge in [0.25, 0.3) is 0 Å². The van der Waals surface area contributed by atoms with Crippen molar-refractivity contribution in [3.05, 3.63) is 64.2 Å². The van der Waals surface area contributed by atoms with E-state index in [9.17, 15) is 0 Å². The number of rotatable bonds is 4. The van der Waals surface area contributed by atoms with Crippen molar-refractivity contribution in [2.75, 3.05) is 14.2 Å². The van der Waals surface area contributed by atoms with Crippen LogP contribution >= 0.6 is 0 Å². The van der Waals surface area contributed by atoms with Crippen LogP contribution in [0.15, 0.2) is 36.4 Å². The van der Waals surface area contributed by atoms with Crippen LogP contribution in [-0.2, 0) is 0 Å². The molecule has 0 saturated carbocycles. The Morgan fingerprint density at radius 2 is 1.65 bits per heavy atom. The molecule has 2 rings (SSSR count). The fraction of sp³-hybridized carbons (Fsp3) is 0.333. The number of nitrogens with one attached hydrogen (secondary N) is 1. The van der Waals surface area contributed by atoms with Crippen molar-refractivity contribution in [3.63, 3.8) is 0 Å². The van der Waals surface area contributed by atoms with Gasteiger partial charge < -0.3 is 10.1 Å². The fourth-order valence-corrected chi connectivity index (χ4v) is 2.59. The van der Waals surface area contributed by atoms with Crippen LogP contribution in [0, 0.1) is 20.8 Å². The summed E-state index contributed by atoms with van der Waals surface area (Å²) in [6.45, 7) is 6.35. The Kier molecular flexibility index (Phi) is 4.46. The summed E-state index contributed by atoms with van der Waals surface area (Å²) in [5.74, 6) is 0.938. The Balaban J connectivity index is 2.49. The van der Waals surface area contributed by atoms with Gasteiger partial charge in [-0.15, -0.1) is 0 Å². The monoisotopic (exact) mass is 269 g/mol. The lowest BCUT2D eigenvalue weighted by Gasteiger charge is -2.21. The summed E-state index contributed by atoms with van der Waals surface area (Å²) in [7, 11) is 3.72. The minimum atomic E-state index is 0.185. The van der Waals surface area contributed by atoms with Crippen LogP contribution in [0.2, 0.25) is 0 Å². The predicted octanol–water partition coefficient (Wildman–Crippen LogP) is 3.93. The Bertz CT molecular complexity index is 604. The molecule has 0 saturated heterocycles. The second-order valence-corrected chi connectivity index (χ2v) is 5.31. The van der Waals surface area contributed by atoms with Crippen LogP contribution in [-0.4, -0.2) is 14.2 Å². The third-order valence-electron chi connectivity index (χ3n) is 3.80. The normalized spacial score (nSPS) is 12.2. The summed E-state index contributed by atoms with van der Waals surface area (Å²) in [6.07, 6.45) is 0. The highest BCUT2D eigenvalue weighted by Crippen LogP contribution is 2.29. The van der Waals surface area contributed by atoms with E-state index < -0.39 is 0 Å². The molecule has 0 spiro atoms. The molecule has 2 nitrogen and oxygen atoms in total. The Morgan fingerprint density at radius 1 is 0.950 bits per heavy atom. The molecular weight excluding hydrogens is 246 g/mol. The van der Waals surface area contributed by atoms with E-state index in [1.807, 2.05) is 7.05 Å². The number of hydrogen-bond acceptors (Lipinski definition) is 2. The van der Waals surface area contributed by atoms with Crippen LogP contribution in [0.3, 0.4) is 0 Å². The van der Waals surface area contributed by atoms with E-state index >= 15 is 0 Å². The van der Waals surface area contributed by atoms with Crippen molar-refractivity contribution >= 4 is 0 Å². The molecule has 2 aromatic carbocycles. The predicted molar refractivity (Wildman–Crippen MR) is 84.5 cm³/mol. The molecule has 0 aliphatic rings. The zero-order valence-electron chi connectivity index (χ0n) is 12.9. The molecule has 0 amide bonds. The van der Waals surface area contributed by atoms with E-state index in [0.717, 1.165) is 11.3 Å². The first-order chi connectivity index (χ1) is 9.56. The minimum absolute atomic E-state index is 0.185. The number of benzene rings is 2. The molecule has 106 valence electrons. The van der Waals surface area contributed by atoms with Crippen LogP contribution in [0.25, 0.3) is 0 Å². The number of aryl methyl sites for hydroxylation is 3. The Labute approximate surface area is 121 Å². The van der Waals surface area contributed by atoms with E-state index in [-0.39, 0.29) is 6.04 Å². The van der Waals surface area contributed by atoms with Crippen LogP contribution in [0.4, 0.5) is 0 Å². The van der Waals surface area contributed by atoms with Gasteiger partial charge in [-0.2, -0.15) is 0 Å². The zero-order valence-corrected chi connectivity index (χ0v) is 12.9. The van der Waals surface area contributed by atoms with Crippen molar-refractivity contribution in [3.8, 4) is 5.75 Å². The average molecular weight is 269 g/mol. The first-order valence-electron chi connectivity index (χ1n) is 6.95. The standard InChI is InChI=1S/C18H23NO/c1-12-6-7-13(2)16(10-12)18(19-4)15-9-8-14(3)17(11-15)20-5/h6-11,18-19H,1-5H3. The van der Waals surface area contributed by atoms with Crippen LogP contribution < -0.4 is 10.1 Å². The Morgan fingerprint density at radius 3 is 2.30 bits per heavy atom. The molecule has 2 aromatic rings. The molecule has 1 atom stereocenters. The third-order valence-corrected chi connectivity index (χ3v) is 3.80. The number of hydrogen-bond donors (Lipinski definition) is 1. The molecule has 2 heteroatoms. The molecule has 1 N–H and O–H groups in total. The minimum Gasteiger partial charge on any atom is -0.496 e. The lowest BCUT2D eigenvalue weighted by atomic mass is 9.93. The lowest BCUT2D eigenvalue weighted by molar-refractivity contribution is 0.410. The van der Waals surface area contributed by atoms with Gasteiger partial charge in [-0.05, 0) is 56.1 Å². The number of ether oxygens (including phenoxy) is 1. The molecular formula is C18H23NO. The quantitative estimate of drug-likeness (QED) is 0.908. The second kappa shape index (κ2) is 6.10. The maximum Gasteiger partial charge on any atom is 0.122 e. The molecule has 0 aromatic heterocycles. The van der Waals surface area contributed by atoms with Gasteiger partial charge in [-0.3, -0.25) is 0 Å². The van der Waals surface area contributed by atoms with Crippen molar-refractivity contribution in [1.82, 2.24) is 5.32 Å². The van der Waals surface area contributed by atoms with Gasteiger partial charge in [0, 0.05) is 0 Å². The van der Waals surface area contributed by atoms with Crippen molar-refractivity contribution in [2.45, 2.75) is 26.8 Å². The molecule has 0 fully saturated rings. The zero-order chi connectivity index (χ0) is 14.7. The van der Waals surface area contributed by atoms with E-state index in [2.05, 4.69) is 62.5 Å². The van der Waals surface area contributed by atoms with Crippen molar-refractivity contribution in [1.29, 1.82) is 0 Å². The van der Waals surface area contributed by atoms with E-state index in [4.69, 9.17) is 4.74 Å². The molecule has 0 bridgehead atoms. The average Bonchev–Trinajstić information content (AvgIpc) is 2.45. The van der Waals surface area contributed by atoms with Gasteiger partial charge >= 0.3 is 0 Å². The number of methoxy groups -OCH3 is 1. The maximum absolute atomic E-state index is 5.44. The van der Waals surface area contributed by atoms with E-state index in [1.54, 1.807) is 7.11 Å². The highest BCUT2D eigenvalue weighted by Gasteiger charge is 2.15. The summed E-state index contributed by atoms with van der Waals surface area (Å²) < 4.78 is 5.44. The molecule has 20 heavy (non-hydrogen) atoms. The molecule has 0 aliphatic carbocycles. The summed E-state index contributed by atoms with van der Waals surface area (Å²) in [5, 5.41) is 3.42. The highest BCUT2D eigenvalue weighted by atomic mass is 16.5. The van der Waals surface area contributed by atoms with Gasteiger partial charge in [0.15, 0.2) is 0 Å². The van der Waals surface area contributed by atoms with Gasteiger partial charge in [-0.1, -0.05) is 35.9 Å². The smallest absolute Gasteiger partial charge is 0.122 e. The summed E-state index contributed by atoms with van der Waals surface area (Å²) >= 11 is 0. The van der Waals surface area contributed by atoms with Crippen molar-refractivity contribution < 1.29 is 4.74 Å². The van der Waals surface area contributed by atoms with Crippen LogP contribution in [0.5, 0.6) is 5.75 Å². The molecule has 0 heterocycles. The summed E-state index contributed by atoms with van der Waals surface area (Å²) in [6, 6.07) is 13.2. The lowest BCUT2D eigenvalue weighted by Crippen LogP contribution is -2.19. The highest BCUT2D eigenvalue weighted by molar-refractivity contribution is 5.44. The summed E-state index contributed by atoms with van der Waals surface area (Å²) in [5.41, 5.74) is 6.29. The van der Waals surface area contributed by atoms with Gasteiger partial charge in [0.2, 0.25) is 0 Å². The third kappa shape index (κ3) is 2.86. The van der Waals surface area contributed by atoms with Gasteiger partial charge in [0.1, 0.15) is 5.75 Å². The summed E-state index contributed by atoms with van der Waals surface area (Å²) in [4.78, 5) is 0. The van der Waals surface area contributed by atoms with E-state index in [1.165, 1.54) is 22.3 Å². The fourth-order valence-electron chi connectivity index (χ4n) is 2.59. The van der Waals surface area contributed by atoms with Crippen molar-refractivity contribution in [2.24, 2.45) is 0 Å². The molecule has 0 radical (unpaired) electrons. The first-order valence-corrected chi connectivity index (χ1v) is 6.95. The van der Waals surface area contributed by atoms with Gasteiger partial charge in [0.05, 0.1) is 13.2 Å². The molecule has 1 unspecified atom stereocenters.